The highest BCUT2D eigenvalue weighted by Crippen LogP contribution is 2.35. The molecule has 1 aromatic carbocycles. The second kappa shape index (κ2) is 5.40. The summed E-state index contributed by atoms with van der Waals surface area (Å²) in [5.41, 5.74) is 3.44. The van der Waals surface area contributed by atoms with Crippen molar-refractivity contribution in [3.05, 3.63) is 77.7 Å². The van der Waals surface area contributed by atoms with Crippen LogP contribution in [0.5, 0.6) is 0 Å². The van der Waals surface area contributed by atoms with Gasteiger partial charge in [0, 0.05) is 12.3 Å². The molecule has 0 amide bonds. The number of allylic oxidation sites excluding steroid dienone is 8. The van der Waals surface area contributed by atoms with Crippen LogP contribution >= 0.6 is 0 Å². The summed E-state index contributed by atoms with van der Waals surface area (Å²) in [5, 5.41) is 0. The minimum absolute atomic E-state index is 0.0122. The largest absolute Gasteiger partial charge is 0.212 e. The second-order valence-electron chi connectivity index (χ2n) is 5.10. The van der Waals surface area contributed by atoms with E-state index in [-0.39, 0.29) is 11.7 Å². The Bertz CT molecular complexity index is 573. The molecule has 19 heavy (non-hydrogen) atoms. The van der Waals surface area contributed by atoms with E-state index >= 15 is 0 Å². The summed E-state index contributed by atoms with van der Waals surface area (Å²) in [4.78, 5) is 0. The van der Waals surface area contributed by atoms with Gasteiger partial charge in [-0.3, -0.25) is 0 Å². The Kier molecular flexibility index (Phi) is 3.45. The molecule has 1 unspecified atom stereocenters. The highest BCUT2D eigenvalue weighted by Gasteiger charge is 2.19. The summed E-state index contributed by atoms with van der Waals surface area (Å²) in [7, 11) is 0. The van der Waals surface area contributed by atoms with Crippen LogP contribution in [0.3, 0.4) is 0 Å². The molecule has 0 radical (unpaired) electrons. The molecule has 0 bridgehead atoms. The maximum Gasteiger partial charge on any atom is 0.101 e. The molecule has 2 aliphatic carbocycles. The van der Waals surface area contributed by atoms with E-state index in [9.17, 15) is 4.39 Å². The topological polar surface area (TPSA) is 0 Å². The van der Waals surface area contributed by atoms with E-state index in [4.69, 9.17) is 0 Å². The molecule has 96 valence electrons. The lowest BCUT2D eigenvalue weighted by Gasteiger charge is -2.22. The molecule has 1 heteroatoms. The summed E-state index contributed by atoms with van der Waals surface area (Å²) >= 11 is 0. The van der Waals surface area contributed by atoms with Crippen LogP contribution in [0.2, 0.25) is 0 Å². The Balaban J connectivity index is 1.93. The van der Waals surface area contributed by atoms with E-state index in [1.807, 2.05) is 30.3 Å². The van der Waals surface area contributed by atoms with Crippen LogP contribution in [0, 0.1) is 5.92 Å². The minimum Gasteiger partial charge on any atom is -0.212 e. The van der Waals surface area contributed by atoms with Crippen LogP contribution in [0.4, 0.5) is 4.39 Å². The van der Waals surface area contributed by atoms with Gasteiger partial charge in [0.2, 0.25) is 0 Å². The molecule has 1 atom stereocenters. The normalized spacial score (nSPS) is 22.6. The number of hydrogen-bond acceptors (Lipinski definition) is 0. The summed E-state index contributed by atoms with van der Waals surface area (Å²) in [6.45, 7) is 0. The Morgan fingerprint density at radius 2 is 1.95 bits per heavy atom. The maximum atomic E-state index is 13.9. The standard InChI is InChI=1S/C18H17F/c19-18-12-16(14-7-3-1-4-8-14)11-17(13-18)15-9-5-2-6-10-15/h1-5,7-9,11-12,17H,6,10,13H2. The zero-order chi connectivity index (χ0) is 13.1. The van der Waals surface area contributed by atoms with Gasteiger partial charge in [-0.15, -0.1) is 0 Å². The van der Waals surface area contributed by atoms with Crippen LogP contribution in [-0.2, 0) is 0 Å². The molecule has 0 aliphatic heterocycles. The molecule has 0 fully saturated rings. The Hall–Kier alpha value is -1.89. The second-order valence-corrected chi connectivity index (χ2v) is 5.10. The van der Waals surface area contributed by atoms with Gasteiger partial charge in [-0.05, 0) is 30.1 Å². The van der Waals surface area contributed by atoms with Crippen molar-refractivity contribution < 1.29 is 4.39 Å². The summed E-state index contributed by atoms with van der Waals surface area (Å²) in [5.74, 6) is 0.201. The number of rotatable bonds is 2. The summed E-state index contributed by atoms with van der Waals surface area (Å²) in [6.07, 6.45) is 12.9. The van der Waals surface area contributed by atoms with Crippen LogP contribution in [0.1, 0.15) is 24.8 Å². The monoisotopic (exact) mass is 252 g/mol. The Morgan fingerprint density at radius 1 is 1.11 bits per heavy atom. The Morgan fingerprint density at radius 3 is 2.68 bits per heavy atom. The molecular weight excluding hydrogens is 235 g/mol. The minimum atomic E-state index is -0.0122. The van der Waals surface area contributed by atoms with Gasteiger partial charge >= 0.3 is 0 Å². The van der Waals surface area contributed by atoms with Crippen molar-refractivity contribution in [1.82, 2.24) is 0 Å². The molecule has 0 saturated carbocycles. The van der Waals surface area contributed by atoms with Gasteiger partial charge in [0.15, 0.2) is 0 Å². The van der Waals surface area contributed by atoms with E-state index in [2.05, 4.69) is 24.3 Å². The van der Waals surface area contributed by atoms with Crippen molar-refractivity contribution in [3.63, 3.8) is 0 Å². The first-order valence-corrected chi connectivity index (χ1v) is 6.82. The van der Waals surface area contributed by atoms with E-state index < -0.39 is 0 Å². The molecule has 1 aromatic rings. The van der Waals surface area contributed by atoms with Crippen LogP contribution in [0.15, 0.2) is 72.1 Å². The molecular formula is C18H17F. The summed E-state index contributed by atoms with van der Waals surface area (Å²) < 4.78 is 13.9. The predicted octanol–water partition coefficient (Wildman–Crippen LogP) is 5.22. The fraction of sp³-hybridized carbons (Fsp3) is 0.222. The van der Waals surface area contributed by atoms with Crippen molar-refractivity contribution >= 4 is 5.57 Å². The van der Waals surface area contributed by atoms with Gasteiger partial charge < -0.3 is 0 Å². The first-order chi connectivity index (χ1) is 9.33. The molecule has 0 saturated heterocycles. The Labute approximate surface area is 113 Å². The van der Waals surface area contributed by atoms with Crippen molar-refractivity contribution in [1.29, 1.82) is 0 Å². The number of hydrogen-bond donors (Lipinski definition) is 0. The van der Waals surface area contributed by atoms with Gasteiger partial charge in [0.05, 0.1) is 0 Å². The van der Waals surface area contributed by atoms with E-state index in [0.717, 1.165) is 24.0 Å². The molecule has 0 N–H and O–H groups in total. The van der Waals surface area contributed by atoms with Crippen molar-refractivity contribution in [3.8, 4) is 0 Å². The van der Waals surface area contributed by atoms with Crippen molar-refractivity contribution in [2.24, 2.45) is 5.92 Å². The van der Waals surface area contributed by atoms with Crippen molar-refractivity contribution in [2.75, 3.05) is 0 Å². The quantitative estimate of drug-likeness (QED) is 0.677. The van der Waals surface area contributed by atoms with Gasteiger partial charge in [-0.25, -0.2) is 4.39 Å². The lowest BCUT2D eigenvalue weighted by Crippen LogP contribution is -2.07. The fourth-order valence-electron chi connectivity index (χ4n) is 2.74. The SMILES string of the molecule is FC1=CC(c2ccccc2)=CC(C2=CC=CCC2)C1. The molecule has 0 spiro atoms. The molecule has 3 rings (SSSR count). The van der Waals surface area contributed by atoms with Crippen LogP contribution in [0.25, 0.3) is 5.57 Å². The predicted molar refractivity (Wildman–Crippen MR) is 78.2 cm³/mol. The zero-order valence-corrected chi connectivity index (χ0v) is 10.9. The first-order valence-electron chi connectivity index (χ1n) is 6.82. The highest BCUT2D eigenvalue weighted by molar-refractivity contribution is 5.76. The molecule has 0 nitrogen and oxygen atoms in total. The van der Waals surface area contributed by atoms with Gasteiger partial charge in [-0.2, -0.15) is 0 Å². The third kappa shape index (κ3) is 2.76. The van der Waals surface area contributed by atoms with Gasteiger partial charge in [0.1, 0.15) is 5.83 Å². The highest BCUT2D eigenvalue weighted by atomic mass is 19.1. The lowest BCUT2D eigenvalue weighted by atomic mass is 9.83. The van der Waals surface area contributed by atoms with Crippen molar-refractivity contribution in [2.45, 2.75) is 19.3 Å². The fourth-order valence-corrected chi connectivity index (χ4v) is 2.74. The molecule has 2 aliphatic rings. The third-order valence-corrected chi connectivity index (χ3v) is 3.74. The number of halogens is 1. The molecule has 0 aromatic heterocycles. The smallest absolute Gasteiger partial charge is 0.101 e. The average Bonchev–Trinajstić information content (AvgIpc) is 2.48. The van der Waals surface area contributed by atoms with Crippen LogP contribution < -0.4 is 0 Å². The zero-order valence-electron chi connectivity index (χ0n) is 10.9. The van der Waals surface area contributed by atoms with Crippen LogP contribution in [-0.4, -0.2) is 0 Å². The van der Waals surface area contributed by atoms with Gasteiger partial charge in [0.25, 0.3) is 0 Å². The molecule has 0 heterocycles. The number of benzene rings is 1. The summed E-state index contributed by atoms with van der Waals surface area (Å²) in [6, 6.07) is 10.0. The van der Waals surface area contributed by atoms with Gasteiger partial charge in [-0.1, -0.05) is 60.2 Å². The first kappa shape index (κ1) is 12.2. The van der Waals surface area contributed by atoms with E-state index in [0.29, 0.717) is 6.42 Å². The third-order valence-electron chi connectivity index (χ3n) is 3.74. The average molecular weight is 252 g/mol. The van der Waals surface area contributed by atoms with E-state index in [1.54, 1.807) is 6.08 Å². The lowest BCUT2D eigenvalue weighted by molar-refractivity contribution is 0.539. The maximum absolute atomic E-state index is 13.9. The van der Waals surface area contributed by atoms with E-state index in [1.165, 1.54) is 5.57 Å².